The molecule has 0 unspecified atom stereocenters. The molecule has 9 heteroatoms. The molecule has 2 heterocycles. The first-order valence-corrected chi connectivity index (χ1v) is 12.5. The van der Waals surface area contributed by atoms with Gasteiger partial charge in [0.15, 0.2) is 5.78 Å². The van der Waals surface area contributed by atoms with E-state index >= 15 is 0 Å². The molecule has 0 aromatic heterocycles. The monoisotopic (exact) mass is 475 g/mol. The Morgan fingerprint density at radius 3 is 2.03 bits per heavy atom. The summed E-state index contributed by atoms with van der Waals surface area (Å²) in [4.78, 5) is 28.4. The van der Waals surface area contributed by atoms with Crippen molar-refractivity contribution in [1.29, 1.82) is 0 Å². The van der Waals surface area contributed by atoms with Gasteiger partial charge in [-0.3, -0.25) is 9.59 Å². The van der Waals surface area contributed by atoms with E-state index in [0.29, 0.717) is 50.4 Å². The van der Waals surface area contributed by atoms with E-state index in [9.17, 15) is 18.0 Å². The molecule has 2 aliphatic rings. The average molecular weight is 476 g/mol. The van der Waals surface area contributed by atoms with Crippen molar-refractivity contribution in [3.05, 3.63) is 58.6 Å². The normalized spacial score (nSPS) is 17.6. The Balaban J connectivity index is 1.46. The van der Waals surface area contributed by atoms with Crippen LogP contribution in [0.4, 0.5) is 5.69 Å². The number of carbonyl (C=O) groups is 2. The summed E-state index contributed by atoms with van der Waals surface area (Å²) in [7, 11) is -3.71. The Morgan fingerprint density at radius 2 is 1.44 bits per heavy atom. The van der Waals surface area contributed by atoms with Crippen LogP contribution in [0.2, 0.25) is 5.02 Å². The maximum atomic E-state index is 13.1. The topological polar surface area (TPSA) is 78.0 Å². The SMILES string of the molecule is CC(=O)c1ccc(N2CCN(C(=O)c3ccc(Cl)c(S(=O)(=O)N4CCCC4)c3)CC2)cc1. The van der Waals surface area contributed by atoms with E-state index in [1.54, 1.807) is 11.0 Å². The van der Waals surface area contributed by atoms with Gasteiger partial charge in [0.2, 0.25) is 10.0 Å². The molecule has 0 aliphatic carbocycles. The van der Waals surface area contributed by atoms with Gasteiger partial charge in [0, 0.05) is 56.1 Å². The summed E-state index contributed by atoms with van der Waals surface area (Å²) in [6.45, 7) is 4.83. The second-order valence-corrected chi connectivity index (χ2v) is 10.5. The minimum absolute atomic E-state index is 0.00360. The van der Waals surface area contributed by atoms with Crippen molar-refractivity contribution in [3.8, 4) is 0 Å². The van der Waals surface area contributed by atoms with Gasteiger partial charge in [0.1, 0.15) is 4.90 Å². The molecule has 2 fully saturated rings. The third-order valence-corrected chi connectivity index (χ3v) is 8.45. The highest BCUT2D eigenvalue weighted by Gasteiger charge is 2.30. The van der Waals surface area contributed by atoms with E-state index in [4.69, 9.17) is 11.6 Å². The molecule has 0 saturated carbocycles. The highest BCUT2D eigenvalue weighted by molar-refractivity contribution is 7.89. The lowest BCUT2D eigenvalue weighted by Gasteiger charge is -2.36. The van der Waals surface area contributed by atoms with Crippen molar-refractivity contribution in [1.82, 2.24) is 9.21 Å². The number of piperazine rings is 1. The quantitative estimate of drug-likeness (QED) is 0.620. The van der Waals surface area contributed by atoms with E-state index in [2.05, 4.69) is 4.90 Å². The molecule has 2 saturated heterocycles. The number of hydrogen-bond donors (Lipinski definition) is 0. The van der Waals surface area contributed by atoms with Gasteiger partial charge in [-0.2, -0.15) is 4.31 Å². The molecule has 0 bridgehead atoms. The minimum atomic E-state index is -3.71. The number of benzene rings is 2. The summed E-state index contributed by atoms with van der Waals surface area (Å²) in [6.07, 6.45) is 1.66. The first-order valence-electron chi connectivity index (χ1n) is 10.7. The van der Waals surface area contributed by atoms with Crippen LogP contribution in [0, 0.1) is 0 Å². The zero-order chi connectivity index (χ0) is 22.9. The van der Waals surface area contributed by atoms with Gasteiger partial charge in [-0.05, 0) is 62.2 Å². The molecule has 2 aliphatic heterocycles. The average Bonchev–Trinajstić information content (AvgIpc) is 3.35. The van der Waals surface area contributed by atoms with Crippen LogP contribution in [0.25, 0.3) is 0 Å². The second kappa shape index (κ2) is 9.21. The summed E-state index contributed by atoms with van der Waals surface area (Å²) in [6, 6.07) is 11.9. The Morgan fingerprint density at radius 1 is 0.844 bits per heavy atom. The van der Waals surface area contributed by atoms with Gasteiger partial charge in [0.25, 0.3) is 5.91 Å². The summed E-state index contributed by atoms with van der Waals surface area (Å²) in [5.41, 5.74) is 2.00. The minimum Gasteiger partial charge on any atom is -0.368 e. The van der Waals surface area contributed by atoms with Crippen molar-refractivity contribution in [2.75, 3.05) is 44.2 Å². The molecule has 0 N–H and O–H groups in total. The third-order valence-electron chi connectivity index (χ3n) is 6.07. The zero-order valence-electron chi connectivity index (χ0n) is 18.0. The molecule has 0 spiro atoms. The fraction of sp³-hybridized carbons (Fsp3) is 0.391. The van der Waals surface area contributed by atoms with Crippen LogP contribution in [0.15, 0.2) is 47.4 Å². The van der Waals surface area contributed by atoms with Crippen LogP contribution in [0.1, 0.15) is 40.5 Å². The van der Waals surface area contributed by atoms with Crippen LogP contribution in [-0.2, 0) is 10.0 Å². The standard InChI is InChI=1S/C23H26ClN3O4S/c1-17(28)18-4-7-20(8-5-18)25-12-14-26(15-13-25)23(29)19-6-9-21(24)22(16-19)32(30,31)27-10-2-3-11-27/h4-9,16H,2-3,10-15H2,1H3. The van der Waals surface area contributed by atoms with Crippen LogP contribution < -0.4 is 4.90 Å². The molecular weight excluding hydrogens is 450 g/mol. The lowest BCUT2D eigenvalue weighted by molar-refractivity contribution is 0.0746. The number of ketones is 1. The largest absolute Gasteiger partial charge is 0.368 e. The van der Waals surface area contributed by atoms with E-state index in [0.717, 1.165) is 18.5 Å². The first kappa shape index (κ1) is 22.8. The summed E-state index contributed by atoms with van der Waals surface area (Å²) >= 11 is 6.21. The van der Waals surface area contributed by atoms with Crippen molar-refractivity contribution < 1.29 is 18.0 Å². The summed E-state index contributed by atoms with van der Waals surface area (Å²) in [5, 5.41) is 0.132. The second-order valence-electron chi connectivity index (χ2n) is 8.14. The highest BCUT2D eigenvalue weighted by atomic mass is 35.5. The van der Waals surface area contributed by atoms with Gasteiger partial charge in [0.05, 0.1) is 5.02 Å². The van der Waals surface area contributed by atoms with E-state index in [-0.39, 0.29) is 21.6 Å². The molecule has 170 valence electrons. The van der Waals surface area contributed by atoms with Crippen LogP contribution in [-0.4, -0.2) is 68.6 Å². The van der Waals surface area contributed by atoms with E-state index < -0.39 is 10.0 Å². The lowest BCUT2D eigenvalue weighted by atomic mass is 10.1. The number of carbonyl (C=O) groups excluding carboxylic acids is 2. The van der Waals surface area contributed by atoms with Gasteiger partial charge >= 0.3 is 0 Å². The fourth-order valence-electron chi connectivity index (χ4n) is 4.16. The van der Waals surface area contributed by atoms with Crippen molar-refractivity contribution in [2.45, 2.75) is 24.7 Å². The first-order chi connectivity index (χ1) is 15.3. The smallest absolute Gasteiger partial charge is 0.254 e. The molecular formula is C23H26ClN3O4S. The van der Waals surface area contributed by atoms with Crippen molar-refractivity contribution >= 4 is 39.0 Å². The van der Waals surface area contributed by atoms with E-state index in [1.165, 1.54) is 23.4 Å². The molecule has 32 heavy (non-hydrogen) atoms. The molecule has 2 aromatic rings. The Labute approximate surface area is 193 Å². The van der Waals surface area contributed by atoms with Crippen LogP contribution in [0.3, 0.4) is 0 Å². The molecule has 2 aromatic carbocycles. The number of hydrogen-bond acceptors (Lipinski definition) is 5. The maximum absolute atomic E-state index is 13.1. The summed E-state index contributed by atoms with van der Waals surface area (Å²) in [5.74, 6) is -0.174. The fourth-order valence-corrected chi connectivity index (χ4v) is 6.18. The zero-order valence-corrected chi connectivity index (χ0v) is 19.5. The third kappa shape index (κ3) is 4.53. The van der Waals surface area contributed by atoms with Crippen LogP contribution >= 0.6 is 11.6 Å². The van der Waals surface area contributed by atoms with Gasteiger partial charge < -0.3 is 9.80 Å². The van der Waals surface area contributed by atoms with Gasteiger partial charge in [-0.1, -0.05) is 11.6 Å². The Kier molecular flexibility index (Phi) is 6.55. The number of amides is 1. The molecule has 4 rings (SSSR count). The molecule has 7 nitrogen and oxygen atoms in total. The number of anilines is 1. The number of nitrogens with zero attached hydrogens (tertiary/aromatic N) is 3. The van der Waals surface area contributed by atoms with Crippen molar-refractivity contribution in [3.63, 3.8) is 0 Å². The predicted octanol–water partition coefficient (Wildman–Crippen LogP) is 3.29. The summed E-state index contributed by atoms with van der Waals surface area (Å²) < 4.78 is 27.4. The predicted molar refractivity (Wildman–Crippen MR) is 124 cm³/mol. The maximum Gasteiger partial charge on any atom is 0.254 e. The number of Topliss-reactive ketones (excluding diaryl/α,β-unsaturated/α-hetero) is 1. The number of sulfonamides is 1. The van der Waals surface area contributed by atoms with Crippen molar-refractivity contribution in [2.24, 2.45) is 0 Å². The Hall–Kier alpha value is -2.42. The van der Waals surface area contributed by atoms with Crippen LogP contribution in [0.5, 0.6) is 0 Å². The number of rotatable bonds is 5. The van der Waals surface area contributed by atoms with Gasteiger partial charge in [-0.15, -0.1) is 0 Å². The lowest BCUT2D eigenvalue weighted by Crippen LogP contribution is -2.48. The molecule has 1 amide bonds. The molecule has 0 radical (unpaired) electrons. The Bertz CT molecular complexity index is 1120. The van der Waals surface area contributed by atoms with E-state index in [1.807, 2.05) is 24.3 Å². The number of halogens is 1. The highest BCUT2D eigenvalue weighted by Crippen LogP contribution is 2.29. The molecule has 0 atom stereocenters. The van der Waals surface area contributed by atoms with Gasteiger partial charge in [-0.25, -0.2) is 8.42 Å².